The summed E-state index contributed by atoms with van der Waals surface area (Å²) < 4.78 is 6.48. The molecule has 0 aromatic heterocycles. The summed E-state index contributed by atoms with van der Waals surface area (Å²) in [5, 5.41) is 4.14. The molecule has 0 heterocycles. The maximum absolute atomic E-state index is 6.48. The van der Waals surface area contributed by atoms with Crippen molar-refractivity contribution in [1.29, 1.82) is 0 Å². The molecule has 5 aromatic carbocycles. The number of aryl methyl sites for hydroxylation is 1. The lowest BCUT2D eigenvalue weighted by Gasteiger charge is -2.28. The zero-order valence-corrected chi connectivity index (χ0v) is 20.9. The molecule has 0 amide bonds. The summed E-state index contributed by atoms with van der Waals surface area (Å²) in [6.45, 7) is 2.69. The third-order valence-corrected chi connectivity index (χ3v) is 10.8. The summed E-state index contributed by atoms with van der Waals surface area (Å²) >= 11 is 0. The lowest BCUT2D eigenvalue weighted by atomic mass is 10.1. The van der Waals surface area contributed by atoms with Gasteiger partial charge in [0.05, 0.1) is 0 Å². The van der Waals surface area contributed by atoms with Crippen LogP contribution in [0.4, 0.5) is 0 Å². The van der Waals surface area contributed by atoms with Gasteiger partial charge >= 0.3 is 0 Å². The monoisotopic (exact) mass is 473 g/mol. The van der Waals surface area contributed by atoms with E-state index in [1.807, 2.05) is 6.07 Å². The first kappa shape index (κ1) is 23.1. The van der Waals surface area contributed by atoms with Crippen LogP contribution in [-0.4, -0.2) is 0 Å². The van der Waals surface area contributed by atoms with Crippen molar-refractivity contribution in [3.05, 3.63) is 156 Å². The number of rotatable bonds is 8. The van der Waals surface area contributed by atoms with Crippen LogP contribution in [0.15, 0.2) is 140 Å². The summed E-state index contributed by atoms with van der Waals surface area (Å²) in [5.74, 6) is 0.973. The van der Waals surface area contributed by atoms with E-state index in [1.165, 1.54) is 32.6 Å². The fraction of sp³-hybridized carbons (Fsp3) is 0.0909. The van der Waals surface area contributed by atoms with Gasteiger partial charge in [0.2, 0.25) is 0 Å². The zero-order chi connectivity index (χ0) is 23.9. The minimum Gasteiger partial charge on any atom is -0.488 e. The molecule has 0 spiro atoms. The average molecular weight is 474 g/mol. The molecule has 0 saturated carbocycles. The van der Waals surface area contributed by atoms with E-state index in [0.717, 1.165) is 11.9 Å². The summed E-state index contributed by atoms with van der Waals surface area (Å²) in [4.78, 5) is 0. The van der Waals surface area contributed by atoms with E-state index in [1.54, 1.807) is 0 Å². The van der Waals surface area contributed by atoms with E-state index in [2.05, 4.69) is 140 Å². The SMILES string of the molecule is Cc1ccc(C[P+](c2ccccc2)(c2ccccc2)c2ccccc2)c(OCc2ccccc2)c1. The first-order valence-electron chi connectivity index (χ1n) is 12.1. The van der Waals surface area contributed by atoms with Crippen LogP contribution in [0.3, 0.4) is 0 Å². The Labute approximate surface area is 209 Å². The van der Waals surface area contributed by atoms with Gasteiger partial charge in [-0.2, -0.15) is 0 Å². The molecule has 0 fully saturated rings. The first-order valence-corrected chi connectivity index (χ1v) is 14.0. The summed E-state index contributed by atoms with van der Waals surface area (Å²) in [7, 11) is -1.99. The lowest BCUT2D eigenvalue weighted by molar-refractivity contribution is 0.303. The second-order valence-corrected chi connectivity index (χ2v) is 12.3. The molecule has 0 N–H and O–H groups in total. The van der Waals surface area contributed by atoms with Gasteiger partial charge < -0.3 is 4.74 Å². The van der Waals surface area contributed by atoms with Crippen LogP contribution in [0, 0.1) is 6.92 Å². The van der Waals surface area contributed by atoms with Crippen molar-refractivity contribution >= 4 is 23.2 Å². The minimum atomic E-state index is -1.99. The van der Waals surface area contributed by atoms with Gasteiger partial charge in [0.15, 0.2) is 0 Å². The fourth-order valence-corrected chi connectivity index (χ4v) is 8.94. The van der Waals surface area contributed by atoms with Crippen LogP contribution in [0.2, 0.25) is 0 Å². The normalized spacial score (nSPS) is 11.2. The van der Waals surface area contributed by atoms with E-state index >= 15 is 0 Å². The lowest BCUT2D eigenvalue weighted by Crippen LogP contribution is -2.32. The third kappa shape index (κ3) is 5.06. The Balaban J connectivity index is 1.65. The molecule has 1 nitrogen and oxygen atoms in total. The molecule has 0 saturated heterocycles. The van der Waals surface area contributed by atoms with Gasteiger partial charge in [0.1, 0.15) is 41.7 Å². The van der Waals surface area contributed by atoms with Crippen molar-refractivity contribution in [2.24, 2.45) is 0 Å². The van der Waals surface area contributed by atoms with E-state index in [0.29, 0.717) is 6.61 Å². The van der Waals surface area contributed by atoms with Crippen molar-refractivity contribution in [3.8, 4) is 5.75 Å². The largest absolute Gasteiger partial charge is 0.488 e. The fourth-order valence-electron chi connectivity index (χ4n) is 4.69. The van der Waals surface area contributed by atoms with E-state index in [4.69, 9.17) is 4.74 Å². The Hall–Kier alpha value is -3.67. The third-order valence-electron chi connectivity index (χ3n) is 6.46. The topological polar surface area (TPSA) is 9.23 Å². The van der Waals surface area contributed by atoms with E-state index in [-0.39, 0.29) is 0 Å². The predicted molar refractivity (Wildman–Crippen MR) is 151 cm³/mol. The van der Waals surface area contributed by atoms with Crippen molar-refractivity contribution < 1.29 is 4.74 Å². The standard InChI is InChI=1S/C33H30OP/c1-27-22-23-29(33(24-27)34-25-28-14-6-2-7-15-28)26-35(30-16-8-3-9-17-30,31-18-10-4-11-19-31)32-20-12-5-13-21-32/h2-24H,25-26H2,1H3/q+1. The smallest absolute Gasteiger partial charge is 0.126 e. The van der Waals surface area contributed by atoms with Crippen LogP contribution in [-0.2, 0) is 12.8 Å². The van der Waals surface area contributed by atoms with Gasteiger partial charge in [-0.15, -0.1) is 0 Å². The van der Waals surface area contributed by atoms with Crippen molar-refractivity contribution in [2.75, 3.05) is 0 Å². The van der Waals surface area contributed by atoms with Gasteiger partial charge in [-0.25, -0.2) is 0 Å². The van der Waals surface area contributed by atoms with Crippen molar-refractivity contribution in [2.45, 2.75) is 19.7 Å². The van der Waals surface area contributed by atoms with Gasteiger partial charge in [-0.1, -0.05) is 97.1 Å². The molecular weight excluding hydrogens is 443 g/mol. The maximum Gasteiger partial charge on any atom is 0.126 e. The highest BCUT2D eigenvalue weighted by Crippen LogP contribution is 2.59. The Morgan fingerprint density at radius 2 is 1.00 bits per heavy atom. The molecule has 0 aliphatic carbocycles. The second kappa shape index (κ2) is 10.7. The van der Waals surface area contributed by atoms with Crippen molar-refractivity contribution in [3.63, 3.8) is 0 Å². The number of hydrogen-bond acceptors (Lipinski definition) is 1. The molecule has 0 radical (unpaired) electrons. The van der Waals surface area contributed by atoms with Crippen molar-refractivity contribution in [1.82, 2.24) is 0 Å². The van der Waals surface area contributed by atoms with Gasteiger partial charge in [-0.05, 0) is 60.5 Å². The number of ether oxygens (including phenoxy) is 1. The molecule has 0 aliphatic heterocycles. The molecule has 35 heavy (non-hydrogen) atoms. The quantitative estimate of drug-likeness (QED) is 0.219. The van der Waals surface area contributed by atoms with E-state index < -0.39 is 7.26 Å². The summed E-state index contributed by atoms with van der Waals surface area (Å²) in [6.07, 6.45) is 0.898. The molecular formula is C33H30OP+. The van der Waals surface area contributed by atoms with Crippen LogP contribution in [0.1, 0.15) is 16.7 Å². The highest BCUT2D eigenvalue weighted by molar-refractivity contribution is 7.95. The molecule has 172 valence electrons. The molecule has 0 unspecified atom stereocenters. The highest BCUT2D eigenvalue weighted by atomic mass is 31.2. The molecule has 0 atom stereocenters. The molecule has 0 bridgehead atoms. The average Bonchev–Trinajstić information content (AvgIpc) is 2.93. The predicted octanol–water partition coefficient (Wildman–Crippen LogP) is 7.07. The molecule has 2 heteroatoms. The Morgan fingerprint density at radius 3 is 1.49 bits per heavy atom. The van der Waals surface area contributed by atoms with Crippen LogP contribution in [0.5, 0.6) is 5.75 Å². The second-order valence-electron chi connectivity index (χ2n) is 8.86. The van der Waals surface area contributed by atoms with E-state index in [9.17, 15) is 0 Å². The van der Waals surface area contributed by atoms with Gasteiger partial charge in [0.25, 0.3) is 0 Å². The minimum absolute atomic E-state index is 0.560. The molecule has 0 aliphatic rings. The van der Waals surface area contributed by atoms with Crippen LogP contribution >= 0.6 is 7.26 Å². The molecule has 5 rings (SSSR count). The van der Waals surface area contributed by atoms with Gasteiger partial charge in [-0.3, -0.25) is 0 Å². The zero-order valence-electron chi connectivity index (χ0n) is 20.0. The van der Waals surface area contributed by atoms with Crippen LogP contribution < -0.4 is 20.7 Å². The Kier molecular flexibility index (Phi) is 7.07. The number of benzene rings is 5. The maximum atomic E-state index is 6.48. The first-order chi connectivity index (χ1) is 17.3. The highest BCUT2D eigenvalue weighted by Gasteiger charge is 2.45. The Morgan fingerprint density at radius 1 is 0.543 bits per heavy atom. The molecule has 5 aromatic rings. The van der Waals surface area contributed by atoms with Gasteiger partial charge in [0, 0.05) is 5.56 Å². The summed E-state index contributed by atoms with van der Waals surface area (Å²) in [6, 6.07) is 50.2. The summed E-state index contributed by atoms with van der Waals surface area (Å²) in [5.41, 5.74) is 3.63. The number of hydrogen-bond donors (Lipinski definition) is 0. The van der Waals surface area contributed by atoms with Crippen LogP contribution in [0.25, 0.3) is 0 Å². The Bertz CT molecular complexity index is 1250.